The van der Waals surface area contributed by atoms with Crippen molar-refractivity contribution in [2.45, 2.75) is 38.8 Å². The molecule has 1 aromatic heterocycles. The minimum atomic E-state index is -0.538. The van der Waals surface area contributed by atoms with Crippen LogP contribution >= 0.6 is 0 Å². The average Bonchev–Trinajstić information content (AvgIpc) is 3.39. The fourth-order valence-corrected chi connectivity index (χ4v) is 2.12. The second-order valence-corrected chi connectivity index (χ2v) is 6.14. The molecule has 26 heavy (non-hydrogen) atoms. The molecule has 1 heterocycles. The first kappa shape index (κ1) is 17.6. The molecule has 0 radical (unpaired) electrons. The molecule has 0 spiro atoms. The van der Waals surface area contributed by atoms with Crippen LogP contribution in [-0.4, -0.2) is 33.0 Å². The summed E-state index contributed by atoms with van der Waals surface area (Å²) in [5.41, 5.74) is 0.197. The number of anilines is 1. The zero-order chi connectivity index (χ0) is 18.7. The van der Waals surface area contributed by atoms with Gasteiger partial charge in [-0.2, -0.15) is 9.97 Å². The topological polar surface area (TPSA) is 116 Å². The summed E-state index contributed by atoms with van der Waals surface area (Å²) in [6, 6.07) is 6.47. The minimum Gasteiger partial charge on any atom is -0.459 e. The average molecular weight is 358 g/mol. The number of hydrogen-bond acceptors (Lipinski definition) is 8. The van der Waals surface area contributed by atoms with Gasteiger partial charge in [0.2, 0.25) is 5.82 Å². The van der Waals surface area contributed by atoms with E-state index >= 15 is 0 Å². The summed E-state index contributed by atoms with van der Waals surface area (Å²) >= 11 is 0. The van der Waals surface area contributed by atoms with E-state index in [1.807, 2.05) is 0 Å². The lowest BCUT2D eigenvalue weighted by Gasteiger charge is -2.09. The molecule has 3 rings (SSSR count). The van der Waals surface area contributed by atoms with Gasteiger partial charge in [-0.3, -0.25) is 10.1 Å². The highest BCUT2D eigenvalue weighted by Crippen LogP contribution is 2.30. The normalized spacial score (nSPS) is 13.3. The summed E-state index contributed by atoms with van der Waals surface area (Å²) in [6.07, 6.45) is 2.81. The number of nitro groups is 1. The van der Waals surface area contributed by atoms with Crippen LogP contribution in [0.1, 0.15) is 37.0 Å². The van der Waals surface area contributed by atoms with E-state index in [2.05, 4.69) is 15.3 Å². The van der Waals surface area contributed by atoms with Crippen molar-refractivity contribution in [3.05, 3.63) is 46.1 Å². The van der Waals surface area contributed by atoms with Gasteiger partial charge in [0.15, 0.2) is 0 Å². The number of hydrogen-bond donors (Lipinski definition) is 1. The quantitative estimate of drug-likeness (QED) is 0.455. The van der Waals surface area contributed by atoms with Gasteiger partial charge in [-0.15, -0.1) is 0 Å². The number of carbonyl (C=O) groups excluding carboxylic acids is 1. The van der Waals surface area contributed by atoms with Crippen LogP contribution in [0.2, 0.25) is 0 Å². The van der Waals surface area contributed by atoms with Crippen molar-refractivity contribution >= 4 is 17.5 Å². The number of esters is 1. The van der Waals surface area contributed by atoms with E-state index in [1.165, 1.54) is 0 Å². The molecule has 2 aromatic rings. The molecule has 1 N–H and O–H groups in total. The molecule has 136 valence electrons. The van der Waals surface area contributed by atoms with E-state index in [9.17, 15) is 14.9 Å². The number of nitrogens with one attached hydrogen (secondary N) is 1. The van der Waals surface area contributed by atoms with Crippen LogP contribution in [0, 0.1) is 10.1 Å². The monoisotopic (exact) mass is 358 g/mol. The van der Waals surface area contributed by atoms with Crippen LogP contribution < -0.4 is 10.1 Å². The van der Waals surface area contributed by atoms with Gasteiger partial charge in [0.1, 0.15) is 11.9 Å². The molecule has 9 nitrogen and oxygen atoms in total. The second kappa shape index (κ2) is 7.34. The summed E-state index contributed by atoms with van der Waals surface area (Å²) in [7, 11) is 0. The van der Waals surface area contributed by atoms with Crippen molar-refractivity contribution in [2.75, 3.05) is 5.32 Å². The van der Waals surface area contributed by atoms with Crippen molar-refractivity contribution in [1.29, 1.82) is 0 Å². The lowest BCUT2D eigenvalue weighted by molar-refractivity contribution is -0.384. The molecule has 0 saturated heterocycles. The predicted octanol–water partition coefficient (Wildman–Crippen LogP) is 3.32. The van der Waals surface area contributed by atoms with Crippen molar-refractivity contribution in [1.82, 2.24) is 9.97 Å². The van der Waals surface area contributed by atoms with E-state index in [-0.39, 0.29) is 29.7 Å². The molecule has 0 amide bonds. The molecular formula is C17H18N4O5. The van der Waals surface area contributed by atoms with Gasteiger partial charge in [0.25, 0.3) is 0 Å². The highest BCUT2D eigenvalue weighted by molar-refractivity contribution is 5.89. The highest BCUT2D eigenvalue weighted by Gasteiger charge is 2.26. The number of ether oxygens (including phenoxy) is 2. The third kappa shape index (κ3) is 4.44. The van der Waals surface area contributed by atoms with Gasteiger partial charge in [-0.1, -0.05) is 0 Å². The summed E-state index contributed by atoms with van der Waals surface area (Å²) in [5.74, 6) is 0.117. The Hall–Kier alpha value is -3.23. The van der Waals surface area contributed by atoms with Crippen molar-refractivity contribution in [2.24, 2.45) is 0 Å². The van der Waals surface area contributed by atoms with Crippen molar-refractivity contribution in [3.63, 3.8) is 0 Å². The van der Waals surface area contributed by atoms with Gasteiger partial charge in [-0.25, -0.2) is 4.79 Å². The largest absolute Gasteiger partial charge is 0.459 e. The molecule has 0 bridgehead atoms. The maximum Gasteiger partial charge on any atom is 0.338 e. The van der Waals surface area contributed by atoms with Crippen LogP contribution in [-0.2, 0) is 4.74 Å². The third-order valence-corrected chi connectivity index (χ3v) is 3.50. The molecular weight excluding hydrogens is 340 g/mol. The molecule has 1 fully saturated rings. The van der Waals surface area contributed by atoms with Gasteiger partial charge in [0, 0.05) is 6.04 Å². The first-order valence-corrected chi connectivity index (χ1v) is 8.19. The van der Waals surface area contributed by atoms with E-state index in [4.69, 9.17) is 9.47 Å². The minimum absolute atomic E-state index is 0.0174. The van der Waals surface area contributed by atoms with Crippen LogP contribution in [0.25, 0.3) is 0 Å². The molecule has 1 aliphatic rings. The Balaban J connectivity index is 1.73. The Morgan fingerprint density at radius 2 is 2.00 bits per heavy atom. The second-order valence-electron chi connectivity index (χ2n) is 6.14. The van der Waals surface area contributed by atoms with Crippen LogP contribution in [0.3, 0.4) is 0 Å². The fourth-order valence-electron chi connectivity index (χ4n) is 2.12. The fraction of sp³-hybridized carbons (Fsp3) is 0.353. The number of carbonyl (C=O) groups is 1. The van der Waals surface area contributed by atoms with Gasteiger partial charge < -0.3 is 14.8 Å². The Labute approximate surface area is 149 Å². The number of rotatable bonds is 7. The lowest BCUT2D eigenvalue weighted by atomic mass is 10.2. The molecule has 0 atom stereocenters. The SMILES string of the molecule is CC(C)OC(=O)c1ccc(Oc2ncc([N+](=O)[O-])c(NC3CC3)n2)cc1. The summed E-state index contributed by atoms with van der Waals surface area (Å²) in [5, 5.41) is 14.1. The lowest BCUT2D eigenvalue weighted by Crippen LogP contribution is -2.11. The van der Waals surface area contributed by atoms with Gasteiger partial charge >= 0.3 is 17.7 Å². The van der Waals surface area contributed by atoms with E-state index in [1.54, 1.807) is 38.1 Å². The van der Waals surface area contributed by atoms with Gasteiger partial charge in [0.05, 0.1) is 16.6 Å². The molecule has 0 unspecified atom stereocenters. The van der Waals surface area contributed by atoms with E-state index < -0.39 is 10.9 Å². The molecule has 0 aliphatic heterocycles. The summed E-state index contributed by atoms with van der Waals surface area (Å²) < 4.78 is 10.6. The maximum atomic E-state index is 11.8. The van der Waals surface area contributed by atoms with Crippen molar-refractivity contribution < 1.29 is 19.2 Å². The molecule has 9 heteroatoms. The molecule has 1 aliphatic carbocycles. The Morgan fingerprint density at radius 1 is 1.31 bits per heavy atom. The standard InChI is InChI=1S/C17H18N4O5/c1-10(2)25-16(22)11-3-7-13(8-4-11)26-17-18-9-14(21(23)24)15(20-17)19-12-5-6-12/h3-4,7-10,12H,5-6H2,1-2H3,(H,18,19,20). The van der Waals surface area contributed by atoms with E-state index in [0.29, 0.717) is 11.3 Å². The number of aromatic nitrogens is 2. The first-order chi connectivity index (χ1) is 12.4. The Bertz CT molecular complexity index is 818. The molecule has 1 aromatic carbocycles. The van der Waals surface area contributed by atoms with Crippen molar-refractivity contribution in [3.8, 4) is 11.8 Å². The zero-order valence-corrected chi connectivity index (χ0v) is 14.3. The zero-order valence-electron chi connectivity index (χ0n) is 14.3. The number of benzene rings is 1. The summed E-state index contributed by atoms with van der Waals surface area (Å²) in [6.45, 7) is 3.54. The maximum absolute atomic E-state index is 11.8. The Morgan fingerprint density at radius 3 is 2.58 bits per heavy atom. The smallest absolute Gasteiger partial charge is 0.338 e. The van der Waals surface area contributed by atoms with Crippen LogP contribution in [0.5, 0.6) is 11.8 Å². The van der Waals surface area contributed by atoms with Crippen LogP contribution in [0.4, 0.5) is 11.5 Å². The highest BCUT2D eigenvalue weighted by atomic mass is 16.6. The molecule has 1 saturated carbocycles. The van der Waals surface area contributed by atoms with Gasteiger partial charge in [-0.05, 0) is 51.0 Å². The number of nitrogens with zero attached hydrogens (tertiary/aromatic N) is 3. The van der Waals surface area contributed by atoms with E-state index in [0.717, 1.165) is 19.0 Å². The van der Waals surface area contributed by atoms with Crippen LogP contribution in [0.15, 0.2) is 30.5 Å². The third-order valence-electron chi connectivity index (χ3n) is 3.50. The predicted molar refractivity (Wildman–Crippen MR) is 92.4 cm³/mol. The first-order valence-electron chi connectivity index (χ1n) is 8.19. The Kier molecular flexibility index (Phi) is 4.97. The summed E-state index contributed by atoms with van der Waals surface area (Å²) in [4.78, 5) is 30.3.